The number of hydrogen-bond acceptors (Lipinski definition) is 4. The van der Waals surface area contributed by atoms with Crippen molar-refractivity contribution in [2.75, 3.05) is 13.2 Å². The Kier molecular flexibility index (Phi) is 3.21. The molecule has 2 heterocycles. The largest absolute Gasteiger partial charge is 0.444 e. The predicted octanol–water partition coefficient (Wildman–Crippen LogP) is 0.416. The van der Waals surface area contributed by atoms with Crippen molar-refractivity contribution >= 4 is 27.7 Å². The summed E-state index contributed by atoms with van der Waals surface area (Å²) in [5.74, 6) is -0.693. The molecular formula is C10H11BrN2O4. The summed E-state index contributed by atoms with van der Waals surface area (Å²) in [6.45, 7) is 0.563. The molecule has 0 aromatic carbocycles. The highest BCUT2D eigenvalue weighted by Gasteiger charge is 2.42. The molecule has 6 nitrogen and oxygen atoms in total. The smallest absolute Gasteiger partial charge is 0.287 e. The fraction of sp³-hybridized carbons (Fsp3) is 0.400. The average Bonchev–Trinajstić information content (AvgIpc) is 2.60. The second-order valence-corrected chi connectivity index (χ2v) is 4.76. The van der Waals surface area contributed by atoms with E-state index in [2.05, 4.69) is 21.2 Å². The van der Waals surface area contributed by atoms with Crippen LogP contribution in [0.5, 0.6) is 0 Å². The van der Waals surface area contributed by atoms with Crippen molar-refractivity contribution in [1.82, 2.24) is 5.32 Å². The molecule has 0 saturated carbocycles. The minimum Gasteiger partial charge on any atom is -0.444 e. The van der Waals surface area contributed by atoms with Crippen LogP contribution in [-0.2, 0) is 9.53 Å². The lowest BCUT2D eigenvalue weighted by Gasteiger charge is -2.40. The van der Waals surface area contributed by atoms with Crippen LogP contribution in [0.25, 0.3) is 0 Å². The van der Waals surface area contributed by atoms with E-state index in [-0.39, 0.29) is 31.3 Å². The predicted molar refractivity (Wildman–Crippen MR) is 61.2 cm³/mol. The molecular weight excluding hydrogens is 292 g/mol. The SMILES string of the molecule is NC(=O)CC1(NC(=O)c2ccc(Br)o2)COC1. The van der Waals surface area contributed by atoms with E-state index in [0.717, 1.165) is 0 Å². The van der Waals surface area contributed by atoms with Crippen LogP contribution in [0, 0.1) is 0 Å². The maximum atomic E-state index is 11.8. The van der Waals surface area contributed by atoms with Gasteiger partial charge in [-0.25, -0.2) is 0 Å². The van der Waals surface area contributed by atoms with E-state index in [9.17, 15) is 9.59 Å². The number of nitrogens with two attached hydrogens (primary N) is 1. The Morgan fingerprint density at radius 3 is 2.59 bits per heavy atom. The number of primary amides is 1. The number of carbonyl (C=O) groups excluding carboxylic acids is 2. The molecule has 92 valence electrons. The summed E-state index contributed by atoms with van der Waals surface area (Å²) in [7, 11) is 0. The van der Waals surface area contributed by atoms with Gasteiger partial charge in [0.1, 0.15) is 0 Å². The first kappa shape index (κ1) is 12.1. The molecule has 2 rings (SSSR count). The topological polar surface area (TPSA) is 94.6 Å². The van der Waals surface area contributed by atoms with Gasteiger partial charge in [-0.15, -0.1) is 0 Å². The number of furan rings is 1. The number of nitrogens with one attached hydrogen (secondary N) is 1. The normalized spacial score (nSPS) is 17.2. The first-order valence-corrected chi connectivity index (χ1v) is 5.74. The minimum absolute atomic E-state index is 0.0562. The first-order chi connectivity index (χ1) is 8.01. The molecule has 3 N–H and O–H groups in total. The molecule has 1 aliphatic heterocycles. The van der Waals surface area contributed by atoms with Gasteiger partial charge in [-0.3, -0.25) is 9.59 Å². The zero-order valence-corrected chi connectivity index (χ0v) is 10.5. The molecule has 1 saturated heterocycles. The van der Waals surface area contributed by atoms with Gasteiger partial charge in [-0.1, -0.05) is 0 Å². The molecule has 0 unspecified atom stereocenters. The lowest BCUT2D eigenvalue weighted by atomic mass is 9.92. The zero-order valence-electron chi connectivity index (χ0n) is 8.86. The summed E-state index contributed by atoms with van der Waals surface area (Å²) < 4.78 is 10.6. The number of halogens is 1. The van der Waals surface area contributed by atoms with Gasteiger partial charge in [-0.2, -0.15) is 0 Å². The van der Waals surface area contributed by atoms with Crippen LogP contribution >= 0.6 is 15.9 Å². The number of ether oxygens (including phenoxy) is 1. The molecule has 2 amide bonds. The summed E-state index contributed by atoms with van der Waals surface area (Å²) in [4.78, 5) is 22.7. The van der Waals surface area contributed by atoms with E-state index in [4.69, 9.17) is 14.9 Å². The van der Waals surface area contributed by atoms with Crippen LogP contribution < -0.4 is 11.1 Å². The lowest BCUT2D eigenvalue weighted by Crippen LogP contribution is -2.63. The maximum absolute atomic E-state index is 11.8. The monoisotopic (exact) mass is 302 g/mol. The third kappa shape index (κ3) is 2.67. The molecule has 0 bridgehead atoms. The molecule has 17 heavy (non-hydrogen) atoms. The standard InChI is InChI=1S/C10H11BrN2O4/c11-7-2-1-6(17-7)9(15)13-10(3-8(12)14)4-16-5-10/h1-2H,3-5H2,(H2,12,14)(H,13,15). The molecule has 1 aromatic rings. The number of rotatable bonds is 4. The highest BCUT2D eigenvalue weighted by Crippen LogP contribution is 2.22. The fourth-order valence-corrected chi connectivity index (χ4v) is 1.95. The Bertz CT molecular complexity index is 453. The first-order valence-electron chi connectivity index (χ1n) is 4.95. The van der Waals surface area contributed by atoms with Crippen LogP contribution in [0.2, 0.25) is 0 Å². The minimum atomic E-state index is -0.692. The van der Waals surface area contributed by atoms with Crippen LogP contribution in [0.3, 0.4) is 0 Å². The van der Waals surface area contributed by atoms with Crippen LogP contribution in [0.1, 0.15) is 17.0 Å². The van der Waals surface area contributed by atoms with Crippen molar-refractivity contribution in [2.45, 2.75) is 12.0 Å². The Hall–Kier alpha value is -1.34. The average molecular weight is 303 g/mol. The van der Waals surface area contributed by atoms with E-state index in [1.165, 1.54) is 6.07 Å². The van der Waals surface area contributed by atoms with Crippen molar-refractivity contribution in [3.8, 4) is 0 Å². The summed E-state index contributed by atoms with van der Waals surface area (Å²) in [6, 6.07) is 3.16. The molecule has 0 aliphatic carbocycles. The summed E-state index contributed by atoms with van der Waals surface area (Å²) in [6.07, 6.45) is 0.0562. The van der Waals surface area contributed by atoms with Crippen molar-refractivity contribution in [3.05, 3.63) is 22.6 Å². The Morgan fingerprint density at radius 2 is 2.18 bits per heavy atom. The maximum Gasteiger partial charge on any atom is 0.287 e. The van der Waals surface area contributed by atoms with Crippen molar-refractivity contribution < 1.29 is 18.7 Å². The Morgan fingerprint density at radius 1 is 1.47 bits per heavy atom. The third-order valence-electron chi connectivity index (χ3n) is 2.45. The Balaban J connectivity index is 2.04. The van der Waals surface area contributed by atoms with Crippen molar-refractivity contribution in [1.29, 1.82) is 0 Å². The van der Waals surface area contributed by atoms with Crippen molar-refractivity contribution in [2.24, 2.45) is 5.73 Å². The number of carbonyl (C=O) groups is 2. The molecule has 1 aromatic heterocycles. The molecule has 0 atom stereocenters. The highest BCUT2D eigenvalue weighted by molar-refractivity contribution is 9.10. The van der Waals surface area contributed by atoms with Gasteiger partial charge >= 0.3 is 0 Å². The fourth-order valence-electron chi connectivity index (χ4n) is 1.64. The van der Waals surface area contributed by atoms with Gasteiger partial charge < -0.3 is 20.2 Å². The number of amides is 2. The van der Waals surface area contributed by atoms with Crippen LogP contribution in [0.15, 0.2) is 21.2 Å². The summed E-state index contributed by atoms with van der Waals surface area (Å²) in [5, 5.41) is 2.71. The van der Waals surface area contributed by atoms with E-state index in [0.29, 0.717) is 4.67 Å². The van der Waals surface area contributed by atoms with Gasteiger partial charge in [0.25, 0.3) is 5.91 Å². The molecule has 1 fully saturated rings. The summed E-state index contributed by atoms with van der Waals surface area (Å²) in [5.41, 5.74) is 4.44. The highest BCUT2D eigenvalue weighted by atomic mass is 79.9. The molecule has 7 heteroatoms. The number of hydrogen-bond donors (Lipinski definition) is 2. The zero-order chi connectivity index (χ0) is 12.5. The third-order valence-corrected chi connectivity index (χ3v) is 2.87. The van der Waals surface area contributed by atoms with E-state index in [1.807, 2.05) is 0 Å². The quantitative estimate of drug-likeness (QED) is 0.842. The van der Waals surface area contributed by atoms with Crippen molar-refractivity contribution in [3.63, 3.8) is 0 Å². The van der Waals surface area contributed by atoms with Gasteiger partial charge in [0.15, 0.2) is 10.4 Å². The van der Waals surface area contributed by atoms with E-state index in [1.54, 1.807) is 6.07 Å². The van der Waals surface area contributed by atoms with Gasteiger partial charge in [0.2, 0.25) is 5.91 Å². The Labute approximate surface area is 106 Å². The van der Waals surface area contributed by atoms with Crippen LogP contribution in [-0.4, -0.2) is 30.6 Å². The lowest BCUT2D eigenvalue weighted by molar-refractivity contribution is -0.127. The van der Waals surface area contributed by atoms with E-state index < -0.39 is 11.4 Å². The molecule has 1 aliphatic rings. The van der Waals surface area contributed by atoms with Crippen LogP contribution in [0.4, 0.5) is 0 Å². The second kappa shape index (κ2) is 4.50. The van der Waals surface area contributed by atoms with E-state index >= 15 is 0 Å². The van der Waals surface area contributed by atoms with Gasteiger partial charge in [-0.05, 0) is 28.1 Å². The molecule has 0 spiro atoms. The second-order valence-electron chi connectivity index (χ2n) is 3.97. The van der Waals surface area contributed by atoms with Gasteiger partial charge in [0.05, 0.1) is 25.2 Å². The summed E-state index contributed by atoms with van der Waals surface area (Å²) >= 11 is 3.11. The van der Waals surface area contributed by atoms with Gasteiger partial charge in [0, 0.05) is 0 Å². The molecule has 0 radical (unpaired) electrons.